The van der Waals surface area contributed by atoms with Crippen LogP contribution in [0.15, 0.2) is 51.7 Å². The number of carboxylic acid groups (broad SMARTS) is 1. The molecule has 0 fully saturated rings. The normalized spacial score (nSPS) is 10.6. The number of amides is 1. The van der Waals surface area contributed by atoms with Crippen LogP contribution in [0.25, 0.3) is 11.0 Å². The molecule has 3 aromatic rings. The lowest BCUT2D eigenvalue weighted by Gasteiger charge is -2.09. The largest absolute Gasteiger partial charge is 0.507 e. The average Bonchev–Trinajstić information content (AvgIpc) is 2.59. The summed E-state index contributed by atoms with van der Waals surface area (Å²) in [6, 6.07) is 9.95. The number of phenols is 1. The van der Waals surface area contributed by atoms with Crippen LogP contribution in [0.2, 0.25) is 0 Å². The van der Waals surface area contributed by atoms with E-state index in [2.05, 4.69) is 5.32 Å². The van der Waals surface area contributed by atoms with Crippen molar-refractivity contribution in [2.24, 2.45) is 0 Å². The number of carbonyl (C=O) groups is 2. The number of rotatable bonds is 5. The van der Waals surface area contributed by atoms with Crippen LogP contribution in [-0.4, -0.2) is 28.7 Å². The lowest BCUT2D eigenvalue weighted by Crippen LogP contribution is -2.20. The van der Waals surface area contributed by atoms with E-state index in [-0.39, 0.29) is 17.9 Å². The fourth-order valence-corrected chi connectivity index (χ4v) is 2.53. The van der Waals surface area contributed by atoms with Crippen molar-refractivity contribution < 1.29 is 29.0 Å². The van der Waals surface area contributed by atoms with Gasteiger partial charge in [0.1, 0.15) is 22.6 Å². The van der Waals surface area contributed by atoms with Crippen LogP contribution in [0, 0.1) is 6.92 Å². The first-order valence-electron chi connectivity index (χ1n) is 7.87. The summed E-state index contributed by atoms with van der Waals surface area (Å²) in [4.78, 5) is 34.3. The first-order valence-corrected chi connectivity index (χ1v) is 7.87. The lowest BCUT2D eigenvalue weighted by molar-refractivity contribution is -0.118. The van der Waals surface area contributed by atoms with Crippen LogP contribution >= 0.6 is 0 Å². The molecule has 8 heteroatoms. The summed E-state index contributed by atoms with van der Waals surface area (Å²) in [6.45, 7) is 1.46. The highest BCUT2D eigenvalue weighted by molar-refractivity contribution is 5.95. The minimum atomic E-state index is -1.27. The minimum absolute atomic E-state index is 0.228. The topological polar surface area (TPSA) is 126 Å². The minimum Gasteiger partial charge on any atom is -0.507 e. The van der Waals surface area contributed by atoms with Crippen LogP contribution in [0.3, 0.4) is 0 Å². The first kappa shape index (κ1) is 18.0. The molecule has 27 heavy (non-hydrogen) atoms. The molecule has 138 valence electrons. The van der Waals surface area contributed by atoms with Crippen molar-refractivity contribution in [3.8, 4) is 11.5 Å². The molecule has 0 saturated carbocycles. The Hall–Kier alpha value is -3.81. The predicted molar refractivity (Wildman–Crippen MR) is 96.4 cm³/mol. The van der Waals surface area contributed by atoms with E-state index in [1.165, 1.54) is 24.3 Å². The number of benzene rings is 2. The van der Waals surface area contributed by atoms with E-state index in [0.717, 1.165) is 17.0 Å². The van der Waals surface area contributed by atoms with Crippen LogP contribution in [0.4, 0.5) is 5.69 Å². The molecule has 0 unspecified atom stereocenters. The molecule has 0 bridgehead atoms. The predicted octanol–water partition coefficient (Wildman–Crippen LogP) is 2.52. The fourth-order valence-electron chi connectivity index (χ4n) is 2.53. The monoisotopic (exact) mass is 369 g/mol. The fraction of sp³-hybridized carbons (Fsp3) is 0.105. The Morgan fingerprint density at radius 1 is 1.15 bits per heavy atom. The van der Waals surface area contributed by atoms with Crippen molar-refractivity contribution in [3.63, 3.8) is 0 Å². The van der Waals surface area contributed by atoms with Gasteiger partial charge < -0.3 is 24.7 Å². The molecule has 0 aliphatic carbocycles. The third-order valence-electron chi connectivity index (χ3n) is 3.80. The highest BCUT2D eigenvalue weighted by Crippen LogP contribution is 2.23. The van der Waals surface area contributed by atoms with Crippen molar-refractivity contribution in [1.29, 1.82) is 0 Å². The van der Waals surface area contributed by atoms with Crippen LogP contribution in [0.5, 0.6) is 11.5 Å². The number of hydrogen-bond acceptors (Lipinski definition) is 6. The summed E-state index contributed by atoms with van der Waals surface area (Å²) in [5.74, 6) is -1.90. The van der Waals surface area contributed by atoms with Crippen molar-refractivity contribution >= 4 is 28.5 Å². The Morgan fingerprint density at radius 3 is 2.63 bits per heavy atom. The first-order chi connectivity index (χ1) is 12.8. The Kier molecular flexibility index (Phi) is 4.80. The second kappa shape index (κ2) is 7.20. The summed E-state index contributed by atoms with van der Waals surface area (Å²) in [6.07, 6.45) is 0. The molecule has 2 aromatic carbocycles. The Labute approximate surface area is 152 Å². The van der Waals surface area contributed by atoms with Crippen LogP contribution < -0.4 is 15.7 Å². The summed E-state index contributed by atoms with van der Waals surface area (Å²) in [5, 5.41) is 21.7. The molecular formula is C19H15NO7. The maximum atomic E-state index is 12.0. The Balaban J connectivity index is 1.67. The molecule has 0 spiro atoms. The molecule has 0 aliphatic rings. The lowest BCUT2D eigenvalue weighted by atomic mass is 10.1. The smallest absolute Gasteiger partial charge is 0.339 e. The number of nitrogens with one attached hydrogen (secondary N) is 1. The van der Waals surface area contributed by atoms with E-state index in [9.17, 15) is 19.5 Å². The molecule has 0 radical (unpaired) electrons. The van der Waals surface area contributed by atoms with Gasteiger partial charge in [-0.05, 0) is 36.8 Å². The van der Waals surface area contributed by atoms with E-state index in [0.29, 0.717) is 11.3 Å². The number of carboxylic acids is 1. The number of hydrogen-bond donors (Lipinski definition) is 3. The molecule has 0 atom stereocenters. The van der Waals surface area contributed by atoms with Gasteiger partial charge in [0, 0.05) is 29.3 Å². The second-order valence-corrected chi connectivity index (χ2v) is 5.78. The van der Waals surface area contributed by atoms with Gasteiger partial charge in [0.15, 0.2) is 6.61 Å². The van der Waals surface area contributed by atoms with Gasteiger partial charge >= 0.3 is 11.6 Å². The molecular weight excluding hydrogens is 354 g/mol. The van der Waals surface area contributed by atoms with Crippen molar-refractivity contribution in [2.75, 3.05) is 11.9 Å². The van der Waals surface area contributed by atoms with Crippen LogP contribution in [-0.2, 0) is 4.79 Å². The van der Waals surface area contributed by atoms with Crippen molar-refractivity contribution in [3.05, 3.63) is 64.0 Å². The van der Waals surface area contributed by atoms with Gasteiger partial charge in [-0.3, -0.25) is 4.79 Å². The standard InChI is InChI=1S/C19H15NO7/c1-10-6-18(23)27-16-8-12(3-5-13(10)16)26-9-17(22)20-11-2-4-14(19(24)25)15(21)7-11/h2-8,21H,9H2,1H3,(H,20,22)(H,24,25). The number of aromatic carboxylic acids is 1. The molecule has 0 saturated heterocycles. The highest BCUT2D eigenvalue weighted by atomic mass is 16.5. The van der Waals surface area contributed by atoms with E-state index in [1.54, 1.807) is 19.1 Å². The Morgan fingerprint density at radius 2 is 1.93 bits per heavy atom. The second-order valence-electron chi connectivity index (χ2n) is 5.78. The number of carbonyl (C=O) groups excluding carboxylic acids is 1. The van der Waals surface area contributed by atoms with Gasteiger partial charge in [-0.1, -0.05) is 0 Å². The summed E-state index contributed by atoms with van der Waals surface area (Å²) in [7, 11) is 0. The molecule has 3 rings (SSSR count). The van der Waals surface area contributed by atoms with E-state index < -0.39 is 23.3 Å². The molecule has 8 nitrogen and oxygen atoms in total. The molecule has 3 N–H and O–H groups in total. The average molecular weight is 369 g/mol. The van der Waals surface area contributed by atoms with Gasteiger partial charge in [-0.15, -0.1) is 0 Å². The summed E-state index contributed by atoms with van der Waals surface area (Å²) < 4.78 is 10.5. The van der Waals surface area contributed by atoms with Crippen molar-refractivity contribution in [1.82, 2.24) is 0 Å². The van der Waals surface area contributed by atoms with E-state index in [4.69, 9.17) is 14.3 Å². The maximum absolute atomic E-state index is 12.0. The van der Waals surface area contributed by atoms with E-state index >= 15 is 0 Å². The van der Waals surface area contributed by atoms with Crippen LogP contribution in [0.1, 0.15) is 15.9 Å². The number of ether oxygens (including phenoxy) is 1. The maximum Gasteiger partial charge on any atom is 0.339 e. The molecule has 1 heterocycles. The zero-order chi connectivity index (χ0) is 19.6. The summed E-state index contributed by atoms with van der Waals surface area (Å²) >= 11 is 0. The van der Waals surface area contributed by atoms with E-state index in [1.807, 2.05) is 0 Å². The molecule has 0 aliphatic heterocycles. The van der Waals surface area contributed by atoms with Gasteiger partial charge in [0.25, 0.3) is 5.91 Å². The van der Waals surface area contributed by atoms with Gasteiger partial charge in [0.2, 0.25) is 0 Å². The van der Waals surface area contributed by atoms with Crippen molar-refractivity contribution in [2.45, 2.75) is 6.92 Å². The molecule has 1 aromatic heterocycles. The number of fused-ring (bicyclic) bond motifs is 1. The quantitative estimate of drug-likeness (QED) is 0.590. The Bertz CT molecular complexity index is 1100. The zero-order valence-corrected chi connectivity index (χ0v) is 14.2. The molecule has 1 amide bonds. The highest BCUT2D eigenvalue weighted by Gasteiger charge is 2.11. The third-order valence-corrected chi connectivity index (χ3v) is 3.80. The van der Waals surface area contributed by atoms with Gasteiger partial charge in [-0.2, -0.15) is 0 Å². The number of anilines is 1. The number of aryl methyl sites for hydroxylation is 1. The van der Waals surface area contributed by atoms with Gasteiger partial charge in [0.05, 0.1) is 0 Å². The van der Waals surface area contributed by atoms with Gasteiger partial charge in [-0.25, -0.2) is 9.59 Å². The third kappa shape index (κ3) is 4.06. The SMILES string of the molecule is Cc1cc(=O)oc2cc(OCC(=O)Nc3ccc(C(=O)O)c(O)c3)ccc12. The summed E-state index contributed by atoms with van der Waals surface area (Å²) in [5.41, 5.74) is 0.616. The zero-order valence-electron chi connectivity index (χ0n) is 14.2. The number of aromatic hydroxyl groups is 1.